The molecule has 0 unspecified atom stereocenters. The van der Waals surface area contributed by atoms with E-state index in [1.165, 1.54) is 0 Å². The van der Waals surface area contributed by atoms with E-state index in [0.29, 0.717) is 24.6 Å². The van der Waals surface area contributed by atoms with E-state index >= 15 is 0 Å². The Morgan fingerprint density at radius 1 is 1.33 bits per heavy atom. The van der Waals surface area contributed by atoms with Gasteiger partial charge in [-0.15, -0.1) is 0 Å². The number of ether oxygens (including phenoxy) is 1. The van der Waals surface area contributed by atoms with Crippen LogP contribution in [-0.4, -0.2) is 44.7 Å². The summed E-state index contributed by atoms with van der Waals surface area (Å²) in [4.78, 5) is 13.7. The predicted molar refractivity (Wildman–Crippen MR) is 73.2 cm³/mol. The number of anilines is 1. The molecule has 0 radical (unpaired) electrons. The zero-order valence-electron chi connectivity index (χ0n) is 11.2. The summed E-state index contributed by atoms with van der Waals surface area (Å²) < 4.78 is 5.43. The lowest BCUT2D eigenvalue weighted by atomic mass is 10.3. The van der Waals surface area contributed by atoms with Gasteiger partial charge in [-0.3, -0.25) is 0 Å². The number of para-hydroxylation sites is 2. The minimum atomic E-state index is -0.219. The summed E-state index contributed by atoms with van der Waals surface area (Å²) in [5.41, 5.74) is 0.682. The molecule has 0 aromatic heterocycles. The molecule has 0 atom stereocenters. The van der Waals surface area contributed by atoms with Crippen molar-refractivity contribution in [2.24, 2.45) is 0 Å². The van der Waals surface area contributed by atoms with Gasteiger partial charge in [0, 0.05) is 13.1 Å². The second-order valence-corrected chi connectivity index (χ2v) is 4.11. The van der Waals surface area contributed by atoms with Crippen LogP contribution in [0.3, 0.4) is 0 Å². The van der Waals surface area contributed by atoms with Crippen LogP contribution in [0.15, 0.2) is 24.3 Å². The van der Waals surface area contributed by atoms with Gasteiger partial charge in [-0.1, -0.05) is 12.1 Å². The van der Waals surface area contributed by atoms with Gasteiger partial charge in [0.15, 0.2) is 0 Å². The Balaban J connectivity index is 2.48. The third-order valence-corrected chi connectivity index (χ3v) is 2.28. The molecule has 0 aliphatic carbocycles. The maximum absolute atomic E-state index is 11.7. The van der Waals surface area contributed by atoms with Gasteiger partial charge in [-0.25, -0.2) is 4.79 Å². The van der Waals surface area contributed by atoms with Crippen LogP contribution in [0, 0.1) is 0 Å². The molecule has 2 amide bonds. The second-order valence-electron chi connectivity index (χ2n) is 4.11. The van der Waals surface area contributed by atoms with Gasteiger partial charge in [-0.05, 0) is 33.2 Å². The van der Waals surface area contributed by atoms with Crippen LogP contribution < -0.4 is 15.4 Å². The molecule has 0 bridgehead atoms. The molecule has 0 heterocycles. The maximum Gasteiger partial charge on any atom is 0.319 e. The number of nitrogens with one attached hydrogen (secondary N) is 2. The molecular weight excluding hydrogens is 230 g/mol. The highest BCUT2D eigenvalue weighted by molar-refractivity contribution is 5.90. The Hall–Kier alpha value is -1.75. The first-order valence-electron chi connectivity index (χ1n) is 6.05. The lowest BCUT2D eigenvalue weighted by Crippen LogP contribution is -2.34. The van der Waals surface area contributed by atoms with Crippen molar-refractivity contribution in [2.45, 2.75) is 6.92 Å². The first-order valence-corrected chi connectivity index (χ1v) is 6.05. The van der Waals surface area contributed by atoms with Crippen molar-refractivity contribution in [3.05, 3.63) is 24.3 Å². The molecule has 0 fully saturated rings. The zero-order chi connectivity index (χ0) is 13.4. The van der Waals surface area contributed by atoms with Crippen LogP contribution in [0.1, 0.15) is 6.92 Å². The van der Waals surface area contributed by atoms with E-state index in [2.05, 4.69) is 10.6 Å². The van der Waals surface area contributed by atoms with Gasteiger partial charge in [0.1, 0.15) is 5.75 Å². The lowest BCUT2D eigenvalue weighted by Gasteiger charge is -2.13. The van der Waals surface area contributed by atoms with Crippen LogP contribution >= 0.6 is 0 Å². The van der Waals surface area contributed by atoms with Crippen LogP contribution in [0.5, 0.6) is 5.75 Å². The fraction of sp³-hybridized carbons (Fsp3) is 0.462. The van der Waals surface area contributed by atoms with E-state index in [0.717, 1.165) is 6.54 Å². The fourth-order valence-corrected chi connectivity index (χ4v) is 1.41. The highest BCUT2D eigenvalue weighted by atomic mass is 16.5. The monoisotopic (exact) mass is 251 g/mol. The number of benzene rings is 1. The van der Waals surface area contributed by atoms with Gasteiger partial charge in [0.05, 0.1) is 12.3 Å². The predicted octanol–water partition coefficient (Wildman–Crippen LogP) is 1.77. The minimum absolute atomic E-state index is 0.219. The number of urea groups is 1. The highest BCUT2D eigenvalue weighted by Crippen LogP contribution is 2.23. The number of rotatable bonds is 6. The van der Waals surface area contributed by atoms with E-state index in [9.17, 15) is 4.79 Å². The Morgan fingerprint density at radius 3 is 2.72 bits per heavy atom. The molecule has 0 spiro atoms. The average molecular weight is 251 g/mol. The summed E-state index contributed by atoms with van der Waals surface area (Å²) in [7, 11) is 3.92. The van der Waals surface area contributed by atoms with E-state index in [-0.39, 0.29) is 6.03 Å². The van der Waals surface area contributed by atoms with Crippen molar-refractivity contribution in [1.82, 2.24) is 10.2 Å². The van der Waals surface area contributed by atoms with Crippen molar-refractivity contribution >= 4 is 11.7 Å². The van der Waals surface area contributed by atoms with Crippen molar-refractivity contribution in [1.29, 1.82) is 0 Å². The first-order chi connectivity index (χ1) is 8.63. The zero-order valence-corrected chi connectivity index (χ0v) is 11.2. The SMILES string of the molecule is CCOc1ccccc1NC(=O)NCCN(C)C. The van der Waals surface area contributed by atoms with Gasteiger partial charge in [-0.2, -0.15) is 0 Å². The largest absolute Gasteiger partial charge is 0.492 e. The van der Waals surface area contributed by atoms with Crippen LogP contribution in [0.4, 0.5) is 10.5 Å². The molecule has 1 aromatic carbocycles. The minimum Gasteiger partial charge on any atom is -0.492 e. The summed E-state index contributed by atoms with van der Waals surface area (Å²) >= 11 is 0. The van der Waals surface area contributed by atoms with E-state index in [4.69, 9.17) is 4.74 Å². The summed E-state index contributed by atoms with van der Waals surface area (Å²) in [6.45, 7) is 3.89. The van der Waals surface area contributed by atoms with Crippen molar-refractivity contribution in [2.75, 3.05) is 39.1 Å². The highest BCUT2D eigenvalue weighted by Gasteiger charge is 2.06. The van der Waals surface area contributed by atoms with Crippen LogP contribution in [0.25, 0.3) is 0 Å². The Kier molecular flexibility index (Phi) is 6.00. The van der Waals surface area contributed by atoms with Crippen molar-refractivity contribution in [3.63, 3.8) is 0 Å². The third kappa shape index (κ3) is 5.05. The molecular formula is C13H21N3O2. The third-order valence-electron chi connectivity index (χ3n) is 2.28. The lowest BCUT2D eigenvalue weighted by molar-refractivity contribution is 0.250. The molecule has 100 valence electrons. The first kappa shape index (κ1) is 14.3. The molecule has 5 heteroatoms. The summed E-state index contributed by atoms with van der Waals surface area (Å²) in [6.07, 6.45) is 0. The molecule has 1 aromatic rings. The molecule has 0 saturated carbocycles. The van der Waals surface area contributed by atoms with Crippen LogP contribution in [0.2, 0.25) is 0 Å². The number of hydrogen-bond acceptors (Lipinski definition) is 3. The number of amides is 2. The van der Waals surface area contributed by atoms with E-state index in [1.54, 1.807) is 0 Å². The Bertz CT molecular complexity index is 380. The summed E-state index contributed by atoms with van der Waals surface area (Å²) in [5.74, 6) is 0.683. The smallest absolute Gasteiger partial charge is 0.319 e. The summed E-state index contributed by atoms with van der Waals surface area (Å²) in [6, 6.07) is 7.16. The molecule has 0 saturated heterocycles. The number of nitrogens with zero attached hydrogens (tertiary/aromatic N) is 1. The molecule has 5 nitrogen and oxygen atoms in total. The number of likely N-dealkylation sites (N-methyl/N-ethyl adjacent to an activating group) is 1. The number of hydrogen-bond donors (Lipinski definition) is 2. The maximum atomic E-state index is 11.7. The van der Waals surface area contributed by atoms with E-state index in [1.807, 2.05) is 50.2 Å². The second kappa shape index (κ2) is 7.55. The topological polar surface area (TPSA) is 53.6 Å². The number of carbonyl (C=O) groups is 1. The average Bonchev–Trinajstić information content (AvgIpc) is 2.31. The molecule has 2 N–H and O–H groups in total. The molecule has 0 aliphatic rings. The fourth-order valence-electron chi connectivity index (χ4n) is 1.41. The van der Waals surface area contributed by atoms with Gasteiger partial charge in [0.25, 0.3) is 0 Å². The molecule has 1 rings (SSSR count). The van der Waals surface area contributed by atoms with Gasteiger partial charge in [0.2, 0.25) is 0 Å². The molecule has 18 heavy (non-hydrogen) atoms. The Morgan fingerprint density at radius 2 is 2.06 bits per heavy atom. The van der Waals surface area contributed by atoms with Gasteiger partial charge < -0.3 is 20.3 Å². The normalized spacial score (nSPS) is 10.2. The number of carbonyl (C=O) groups excluding carboxylic acids is 1. The quantitative estimate of drug-likeness (QED) is 0.810. The van der Waals surface area contributed by atoms with Gasteiger partial charge >= 0.3 is 6.03 Å². The standard InChI is InChI=1S/C13H21N3O2/c1-4-18-12-8-6-5-7-11(12)15-13(17)14-9-10-16(2)3/h5-8H,4,9-10H2,1-3H3,(H2,14,15,17). The summed E-state index contributed by atoms with van der Waals surface area (Å²) in [5, 5.41) is 5.56. The van der Waals surface area contributed by atoms with Crippen molar-refractivity contribution < 1.29 is 9.53 Å². The van der Waals surface area contributed by atoms with E-state index < -0.39 is 0 Å². The van der Waals surface area contributed by atoms with Crippen LogP contribution in [-0.2, 0) is 0 Å². The molecule has 0 aliphatic heterocycles. The van der Waals surface area contributed by atoms with Crippen molar-refractivity contribution in [3.8, 4) is 5.75 Å². The Labute approximate surface area is 108 Å².